The van der Waals surface area contributed by atoms with Crippen LogP contribution in [0.15, 0.2) is 63.8 Å². The number of rotatable bonds is 5. The van der Waals surface area contributed by atoms with Crippen LogP contribution in [-0.2, 0) is 24.3 Å². The van der Waals surface area contributed by atoms with E-state index in [4.69, 9.17) is 25.2 Å². The summed E-state index contributed by atoms with van der Waals surface area (Å²) in [5.41, 5.74) is 0.957. The Kier molecular flexibility index (Phi) is 4.71. The fourth-order valence-electron chi connectivity index (χ4n) is 3.17. The lowest BCUT2D eigenvalue weighted by atomic mass is 9.95. The largest absolute Gasteiger partial charge is 0.492 e. The van der Waals surface area contributed by atoms with E-state index in [0.29, 0.717) is 31.1 Å². The fourth-order valence-corrected chi connectivity index (χ4v) is 3.37. The van der Waals surface area contributed by atoms with Crippen LogP contribution in [-0.4, -0.2) is 17.4 Å². The number of ether oxygens (including phenoxy) is 1. The van der Waals surface area contributed by atoms with E-state index < -0.39 is 0 Å². The highest BCUT2D eigenvalue weighted by molar-refractivity contribution is 6.30. The third kappa shape index (κ3) is 3.63. The number of nitrogens with zero attached hydrogens (tertiary/aromatic N) is 1. The van der Waals surface area contributed by atoms with Crippen molar-refractivity contribution in [2.24, 2.45) is 5.92 Å². The Labute approximate surface area is 156 Å². The minimum Gasteiger partial charge on any atom is -0.492 e. The first-order chi connectivity index (χ1) is 12.7. The van der Waals surface area contributed by atoms with Crippen LogP contribution in [0.2, 0.25) is 5.02 Å². The average molecular weight is 372 g/mol. The van der Waals surface area contributed by atoms with Crippen molar-refractivity contribution in [1.82, 2.24) is 4.90 Å². The van der Waals surface area contributed by atoms with Crippen LogP contribution in [0.25, 0.3) is 0 Å². The van der Waals surface area contributed by atoms with Gasteiger partial charge in [-0.3, -0.25) is 4.79 Å². The summed E-state index contributed by atoms with van der Waals surface area (Å²) in [5, 5.41) is 0.642. The van der Waals surface area contributed by atoms with Crippen molar-refractivity contribution in [2.75, 3.05) is 6.61 Å². The smallest absolute Gasteiger partial charge is 0.230 e. The van der Waals surface area contributed by atoms with Crippen LogP contribution in [0.1, 0.15) is 17.1 Å². The summed E-state index contributed by atoms with van der Waals surface area (Å²) in [5.74, 6) is 1.98. The first-order valence-electron chi connectivity index (χ1n) is 8.44. The molecular formula is C20H18ClNO4. The van der Waals surface area contributed by atoms with Crippen molar-refractivity contribution in [3.63, 3.8) is 0 Å². The van der Waals surface area contributed by atoms with Gasteiger partial charge in [-0.25, -0.2) is 0 Å². The molecule has 0 saturated heterocycles. The molecule has 3 heterocycles. The van der Waals surface area contributed by atoms with Gasteiger partial charge in [0.25, 0.3) is 0 Å². The molecule has 0 bridgehead atoms. The second kappa shape index (κ2) is 7.30. The van der Waals surface area contributed by atoms with Crippen molar-refractivity contribution >= 4 is 17.5 Å². The zero-order valence-electron chi connectivity index (χ0n) is 14.1. The third-order valence-electron chi connectivity index (χ3n) is 4.44. The van der Waals surface area contributed by atoms with Crippen LogP contribution in [0, 0.1) is 5.92 Å². The molecule has 1 unspecified atom stereocenters. The minimum atomic E-state index is -0.272. The Morgan fingerprint density at radius 2 is 1.77 bits per heavy atom. The summed E-state index contributed by atoms with van der Waals surface area (Å²) in [6, 6.07) is 12.8. The molecule has 5 nitrogen and oxygen atoms in total. The quantitative estimate of drug-likeness (QED) is 0.670. The molecule has 1 aliphatic heterocycles. The Hall–Kier alpha value is -2.66. The van der Waals surface area contributed by atoms with E-state index in [0.717, 1.165) is 22.8 Å². The van der Waals surface area contributed by atoms with Gasteiger partial charge in [-0.15, -0.1) is 0 Å². The van der Waals surface area contributed by atoms with Crippen LogP contribution in [0.4, 0.5) is 0 Å². The van der Waals surface area contributed by atoms with E-state index in [2.05, 4.69) is 0 Å². The Bertz CT molecular complexity index is 837. The highest BCUT2D eigenvalue weighted by Crippen LogP contribution is 2.31. The van der Waals surface area contributed by atoms with Crippen molar-refractivity contribution in [3.05, 3.63) is 77.1 Å². The Morgan fingerprint density at radius 1 is 1.08 bits per heavy atom. The molecule has 3 aromatic rings. The highest BCUT2D eigenvalue weighted by atomic mass is 35.5. The maximum atomic E-state index is 13.2. The summed E-state index contributed by atoms with van der Waals surface area (Å²) >= 11 is 6.08. The molecule has 0 fully saturated rings. The van der Waals surface area contributed by atoms with Gasteiger partial charge >= 0.3 is 0 Å². The number of fused-ring (bicyclic) bond motifs is 1. The third-order valence-corrected chi connectivity index (χ3v) is 4.68. The van der Waals surface area contributed by atoms with Gasteiger partial charge < -0.3 is 18.5 Å². The molecule has 2 aromatic heterocycles. The molecule has 1 atom stereocenters. The van der Waals surface area contributed by atoms with Crippen LogP contribution in [0.3, 0.4) is 0 Å². The van der Waals surface area contributed by atoms with E-state index in [1.807, 2.05) is 36.4 Å². The standard InChI is InChI=1S/C20H18ClNO4/c21-16-5-6-19-14(10-16)9-15(13-26-19)20(23)22(11-17-3-1-7-24-17)12-18-4-2-8-25-18/h1-8,10,15H,9,11-13H2. The summed E-state index contributed by atoms with van der Waals surface area (Å²) in [6.45, 7) is 1.11. The van der Waals surface area contributed by atoms with Crippen molar-refractivity contribution in [1.29, 1.82) is 0 Å². The summed E-state index contributed by atoms with van der Waals surface area (Å²) in [4.78, 5) is 14.9. The lowest BCUT2D eigenvalue weighted by molar-refractivity contribution is -0.138. The first-order valence-corrected chi connectivity index (χ1v) is 8.81. The number of carbonyl (C=O) groups is 1. The number of furan rings is 2. The van der Waals surface area contributed by atoms with Gasteiger partial charge in [-0.05, 0) is 54.4 Å². The topological polar surface area (TPSA) is 55.8 Å². The van der Waals surface area contributed by atoms with E-state index >= 15 is 0 Å². The maximum absolute atomic E-state index is 13.2. The van der Waals surface area contributed by atoms with Gasteiger partial charge in [0, 0.05) is 5.02 Å². The van der Waals surface area contributed by atoms with Gasteiger partial charge in [0.2, 0.25) is 5.91 Å². The molecule has 4 rings (SSSR count). The summed E-state index contributed by atoms with van der Waals surface area (Å²) in [7, 11) is 0. The van der Waals surface area contributed by atoms with Gasteiger partial charge in [0.1, 0.15) is 23.9 Å². The summed E-state index contributed by atoms with van der Waals surface area (Å²) in [6.07, 6.45) is 3.81. The number of amides is 1. The lowest BCUT2D eigenvalue weighted by Crippen LogP contribution is -2.40. The molecular weight excluding hydrogens is 354 g/mol. The van der Waals surface area contributed by atoms with E-state index in [-0.39, 0.29) is 11.8 Å². The zero-order valence-corrected chi connectivity index (χ0v) is 14.8. The minimum absolute atomic E-state index is 0.00317. The second-order valence-corrected chi connectivity index (χ2v) is 6.75. The Balaban J connectivity index is 1.53. The number of halogens is 1. The SMILES string of the molecule is O=C(C1COc2ccc(Cl)cc2C1)N(Cc1ccco1)Cc1ccco1. The molecule has 1 aliphatic rings. The van der Waals surface area contributed by atoms with Crippen LogP contribution in [0.5, 0.6) is 5.75 Å². The van der Waals surface area contributed by atoms with Gasteiger partial charge in [0.15, 0.2) is 0 Å². The number of benzene rings is 1. The van der Waals surface area contributed by atoms with E-state index in [9.17, 15) is 4.79 Å². The van der Waals surface area contributed by atoms with Crippen molar-refractivity contribution < 1.29 is 18.4 Å². The molecule has 134 valence electrons. The molecule has 0 aliphatic carbocycles. The van der Waals surface area contributed by atoms with Gasteiger partial charge in [-0.1, -0.05) is 11.6 Å². The first kappa shape index (κ1) is 16.8. The predicted octanol–water partition coefficient (Wildman–Crippen LogP) is 4.31. The maximum Gasteiger partial charge on any atom is 0.230 e. The normalized spacial score (nSPS) is 16.0. The molecule has 1 aromatic carbocycles. The number of carbonyl (C=O) groups excluding carboxylic acids is 1. The van der Waals surface area contributed by atoms with Crippen molar-refractivity contribution in [2.45, 2.75) is 19.5 Å². The van der Waals surface area contributed by atoms with E-state index in [1.165, 1.54) is 0 Å². The molecule has 0 N–H and O–H groups in total. The van der Waals surface area contributed by atoms with Crippen LogP contribution >= 0.6 is 11.6 Å². The van der Waals surface area contributed by atoms with E-state index in [1.54, 1.807) is 23.5 Å². The number of hydrogen-bond acceptors (Lipinski definition) is 4. The second-order valence-electron chi connectivity index (χ2n) is 6.32. The highest BCUT2D eigenvalue weighted by Gasteiger charge is 2.30. The molecule has 6 heteroatoms. The molecule has 26 heavy (non-hydrogen) atoms. The van der Waals surface area contributed by atoms with Gasteiger partial charge in [0.05, 0.1) is 31.5 Å². The van der Waals surface area contributed by atoms with Crippen LogP contribution < -0.4 is 4.74 Å². The van der Waals surface area contributed by atoms with Gasteiger partial charge in [-0.2, -0.15) is 0 Å². The number of hydrogen-bond donors (Lipinski definition) is 0. The van der Waals surface area contributed by atoms with Crippen molar-refractivity contribution in [3.8, 4) is 5.75 Å². The lowest BCUT2D eigenvalue weighted by Gasteiger charge is -2.29. The predicted molar refractivity (Wildman–Crippen MR) is 95.8 cm³/mol. The molecule has 0 radical (unpaired) electrons. The molecule has 0 spiro atoms. The average Bonchev–Trinajstić information content (AvgIpc) is 3.34. The summed E-state index contributed by atoms with van der Waals surface area (Å²) < 4.78 is 16.6. The zero-order chi connectivity index (χ0) is 17.9. The fraction of sp³-hybridized carbons (Fsp3) is 0.250. The molecule has 1 amide bonds. The Morgan fingerprint density at radius 3 is 2.38 bits per heavy atom. The monoisotopic (exact) mass is 371 g/mol. The molecule has 0 saturated carbocycles.